The van der Waals surface area contributed by atoms with Gasteiger partial charge in [0.15, 0.2) is 0 Å². The smallest absolute Gasteiger partial charge is 0.135 e. The summed E-state index contributed by atoms with van der Waals surface area (Å²) in [7, 11) is 1.93. The Bertz CT molecular complexity index is 473. The third kappa shape index (κ3) is 1.35. The van der Waals surface area contributed by atoms with E-state index in [1.54, 1.807) is 0 Å². The van der Waals surface area contributed by atoms with E-state index in [1.165, 1.54) is 0 Å². The lowest BCUT2D eigenvalue weighted by atomic mass is 10.1. The molecule has 0 aliphatic heterocycles. The van der Waals surface area contributed by atoms with Gasteiger partial charge < -0.3 is 5.73 Å². The second-order valence-electron chi connectivity index (χ2n) is 3.45. The molecular weight excluding hydrogens is 242 g/mol. The van der Waals surface area contributed by atoms with Gasteiger partial charge in [-0.15, -0.1) is 0 Å². The van der Waals surface area contributed by atoms with Crippen molar-refractivity contribution in [3.8, 4) is 0 Å². The minimum absolute atomic E-state index is 0.0287. The van der Waals surface area contributed by atoms with Crippen LogP contribution in [0.5, 0.6) is 0 Å². The van der Waals surface area contributed by atoms with Gasteiger partial charge in [-0.25, -0.2) is 0 Å². The summed E-state index contributed by atoms with van der Waals surface area (Å²) in [6, 6.07) is 6.12. The third-order valence-electron chi connectivity index (χ3n) is 2.34. The summed E-state index contributed by atoms with van der Waals surface area (Å²) in [5.41, 5.74) is 8.14. The summed E-state index contributed by atoms with van der Waals surface area (Å²) in [4.78, 5) is 0. The molecule has 0 aliphatic carbocycles. The fourth-order valence-corrected chi connectivity index (χ4v) is 2.25. The average Bonchev–Trinajstić information content (AvgIpc) is 2.43. The molecule has 0 bridgehead atoms. The molecule has 0 aliphatic rings. The molecule has 1 aromatic heterocycles. The highest BCUT2D eigenvalue weighted by Gasteiger charge is 2.11. The zero-order valence-corrected chi connectivity index (χ0v) is 9.75. The zero-order valence-electron chi connectivity index (χ0n) is 8.16. The van der Waals surface area contributed by atoms with Gasteiger partial charge in [-0.2, -0.15) is 5.10 Å². The SMILES string of the molecule is CC(N)c1cccc2c(Br)nn(C)c12. The van der Waals surface area contributed by atoms with Crippen LogP contribution in [0.15, 0.2) is 22.8 Å². The number of halogens is 1. The number of benzene rings is 1. The van der Waals surface area contributed by atoms with Crippen LogP contribution in [0.2, 0.25) is 0 Å². The number of nitrogens with two attached hydrogens (primary N) is 1. The van der Waals surface area contributed by atoms with Gasteiger partial charge in [0.1, 0.15) is 4.60 Å². The molecule has 0 amide bonds. The lowest BCUT2D eigenvalue weighted by Gasteiger charge is -2.07. The summed E-state index contributed by atoms with van der Waals surface area (Å²) < 4.78 is 2.73. The summed E-state index contributed by atoms with van der Waals surface area (Å²) in [5, 5.41) is 5.42. The first-order valence-corrected chi connectivity index (χ1v) is 5.27. The molecule has 1 heterocycles. The zero-order chi connectivity index (χ0) is 10.3. The van der Waals surface area contributed by atoms with Crippen molar-refractivity contribution in [1.82, 2.24) is 9.78 Å². The topological polar surface area (TPSA) is 43.8 Å². The predicted molar refractivity (Wildman–Crippen MR) is 61.0 cm³/mol. The Kier molecular flexibility index (Phi) is 2.33. The van der Waals surface area contributed by atoms with E-state index < -0.39 is 0 Å². The van der Waals surface area contributed by atoms with Crippen molar-refractivity contribution in [3.05, 3.63) is 28.4 Å². The normalized spacial score (nSPS) is 13.4. The highest BCUT2D eigenvalue weighted by molar-refractivity contribution is 9.10. The summed E-state index contributed by atoms with van der Waals surface area (Å²) in [6.45, 7) is 1.98. The van der Waals surface area contributed by atoms with Crippen LogP contribution in [-0.4, -0.2) is 9.78 Å². The van der Waals surface area contributed by atoms with E-state index in [9.17, 15) is 0 Å². The van der Waals surface area contributed by atoms with Gasteiger partial charge in [0.2, 0.25) is 0 Å². The molecule has 0 radical (unpaired) electrons. The molecule has 0 saturated carbocycles. The van der Waals surface area contributed by atoms with Crippen LogP contribution in [0.3, 0.4) is 0 Å². The van der Waals surface area contributed by atoms with Crippen LogP contribution in [-0.2, 0) is 7.05 Å². The molecule has 4 heteroatoms. The molecule has 1 unspecified atom stereocenters. The molecule has 1 aromatic carbocycles. The molecular formula is C10H12BrN3. The second kappa shape index (κ2) is 3.37. The van der Waals surface area contributed by atoms with Gasteiger partial charge in [-0.3, -0.25) is 4.68 Å². The highest BCUT2D eigenvalue weighted by Crippen LogP contribution is 2.27. The third-order valence-corrected chi connectivity index (χ3v) is 2.93. The first kappa shape index (κ1) is 9.68. The number of rotatable bonds is 1. The van der Waals surface area contributed by atoms with Crippen molar-refractivity contribution in [2.24, 2.45) is 12.8 Å². The molecule has 0 saturated heterocycles. The van der Waals surface area contributed by atoms with E-state index in [0.717, 1.165) is 21.1 Å². The van der Waals surface area contributed by atoms with Gasteiger partial charge in [0.05, 0.1) is 5.52 Å². The van der Waals surface area contributed by atoms with Gasteiger partial charge >= 0.3 is 0 Å². The van der Waals surface area contributed by atoms with E-state index in [-0.39, 0.29) is 6.04 Å². The number of para-hydroxylation sites is 1. The van der Waals surface area contributed by atoms with Crippen LogP contribution in [0, 0.1) is 0 Å². The minimum atomic E-state index is 0.0287. The van der Waals surface area contributed by atoms with E-state index >= 15 is 0 Å². The number of fused-ring (bicyclic) bond motifs is 1. The molecule has 2 aromatic rings. The summed E-state index contributed by atoms with van der Waals surface area (Å²) in [5.74, 6) is 0. The standard InChI is InChI=1S/C10H12BrN3/c1-6(12)7-4-3-5-8-9(7)14(2)13-10(8)11/h3-6H,12H2,1-2H3. The van der Waals surface area contributed by atoms with E-state index in [4.69, 9.17) is 5.73 Å². The van der Waals surface area contributed by atoms with Gasteiger partial charge in [-0.1, -0.05) is 18.2 Å². The first-order chi connectivity index (χ1) is 6.61. The minimum Gasteiger partial charge on any atom is -0.324 e. The molecule has 1 atom stereocenters. The molecule has 0 spiro atoms. The summed E-state index contributed by atoms with van der Waals surface area (Å²) >= 11 is 3.43. The van der Waals surface area contributed by atoms with Crippen LogP contribution >= 0.6 is 15.9 Å². The van der Waals surface area contributed by atoms with Crippen molar-refractivity contribution >= 4 is 26.8 Å². The first-order valence-electron chi connectivity index (χ1n) is 4.48. The van der Waals surface area contributed by atoms with Crippen LogP contribution < -0.4 is 5.73 Å². The molecule has 2 rings (SSSR count). The second-order valence-corrected chi connectivity index (χ2v) is 4.20. The van der Waals surface area contributed by atoms with Crippen molar-refractivity contribution in [3.63, 3.8) is 0 Å². The van der Waals surface area contributed by atoms with Crippen molar-refractivity contribution in [2.45, 2.75) is 13.0 Å². The maximum absolute atomic E-state index is 5.90. The Morgan fingerprint density at radius 1 is 1.50 bits per heavy atom. The Balaban J connectivity index is 2.85. The van der Waals surface area contributed by atoms with Crippen LogP contribution in [0.25, 0.3) is 10.9 Å². The largest absolute Gasteiger partial charge is 0.324 e. The molecule has 2 N–H and O–H groups in total. The number of nitrogens with zero attached hydrogens (tertiary/aromatic N) is 2. The lowest BCUT2D eigenvalue weighted by Crippen LogP contribution is -2.07. The maximum atomic E-state index is 5.90. The Morgan fingerprint density at radius 3 is 2.86 bits per heavy atom. The highest BCUT2D eigenvalue weighted by atomic mass is 79.9. The molecule has 14 heavy (non-hydrogen) atoms. The fourth-order valence-electron chi connectivity index (χ4n) is 1.69. The molecule has 0 fully saturated rings. The van der Waals surface area contributed by atoms with Crippen molar-refractivity contribution in [1.29, 1.82) is 0 Å². The van der Waals surface area contributed by atoms with Crippen molar-refractivity contribution < 1.29 is 0 Å². The molecule has 74 valence electrons. The Labute approximate surface area is 91.0 Å². The summed E-state index contributed by atoms with van der Waals surface area (Å²) in [6.07, 6.45) is 0. The predicted octanol–water partition coefficient (Wildman–Crippen LogP) is 2.36. The van der Waals surface area contributed by atoms with Gasteiger partial charge in [-0.05, 0) is 28.4 Å². The monoisotopic (exact) mass is 253 g/mol. The number of hydrogen-bond donors (Lipinski definition) is 1. The number of hydrogen-bond acceptors (Lipinski definition) is 2. The molecule has 3 nitrogen and oxygen atoms in total. The van der Waals surface area contributed by atoms with Gasteiger partial charge in [0, 0.05) is 18.5 Å². The van der Waals surface area contributed by atoms with Crippen LogP contribution in [0.1, 0.15) is 18.5 Å². The Hall–Kier alpha value is -0.870. The average molecular weight is 254 g/mol. The number of aryl methyl sites for hydroxylation is 1. The Morgan fingerprint density at radius 2 is 2.21 bits per heavy atom. The van der Waals surface area contributed by atoms with Crippen LogP contribution in [0.4, 0.5) is 0 Å². The van der Waals surface area contributed by atoms with E-state index in [1.807, 2.05) is 36.9 Å². The fraction of sp³-hybridized carbons (Fsp3) is 0.300. The quantitative estimate of drug-likeness (QED) is 0.848. The van der Waals surface area contributed by atoms with E-state index in [2.05, 4.69) is 21.0 Å². The lowest BCUT2D eigenvalue weighted by molar-refractivity contribution is 0.764. The maximum Gasteiger partial charge on any atom is 0.135 e. The number of aromatic nitrogens is 2. The van der Waals surface area contributed by atoms with Crippen molar-refractivity contribution in [2.75, 3.05) is 0 Å². The van der Waals surface area contributed by atoms with E-state index in [0.29, 0.717) is 0 Å². The van der Waals surface area contributed by atoms with Gasteiger partial charge in [0.25, 0.3) is 0 Å².